The van der Waals surface area contributed by atoms with Crippen LogP contribution in [-0.2, 0) is 9.53 Å². The van der Waals surface area contributed by atoms with E-state index in [2.05, 4.69) is 10.2 Å². The van der Waals surface area contributed by atoms with E-state index in [4.69, 9.17) is 4.74 Å². The molecule has 0 radical (unpaired) electrons. The molecular formula is C10H20N2O2. The highest BCUT2D eigenvalue weighted by Crippen LogP contribution is 2.13. The first kappa shape index (κ1) is 11.6. The zero-order chi connectivity index (χ0) is 10.4. The Morgan fingerprint density at radius 1 is 1.64 bits per heavy atom. The van der Waals surface area contributed by atoms with E-state index in [1.807, 2.05) is 14.1 Å². The van der Waals surface area contributed by atoms with Crippen LogP contribution in [0.1, 0.15) is 6.42 Å². The van der Waals surface area contributed by atoms with E-state index in [0.717, 1.165) is 26.1 Å². The van der Waals surface area contributed by atoms with Gasteiger partial charge in [-0.3, -0.25) is 9.69 Å². The van der Waals surface area contributed by atoms with Crippen LogP contribution in [0.4, 0.5) is 0 Å². The van der Waals surface area contributed by atoms with E-state index < -0.39 is 0 Å². The number of carbonyl (C=O) groups excluding carboxylic acids is 1. The lowest BCUT2D eigenvalue weighted by molar-refractivity contribution is -0.123. The van der Waals surface area contributed by atoms with E-state index in [0.29, 0.717) is 18.9 Å². The van der Waals surface area contributed by atoms with Crippen molar-refractivity contribution in [1.82, 2.24) is 10.2 Å². The summed E-state index contributed by atoms with van der Waals surface area (Å²) in [4.78, 5) is 13.7. The molecule has 0 aliphatic carbocycles. The van der Waals surface area contributed by atoms with Gasteiger partial charge in [-0.05, 0) is 20.5 Å². The molecule has 0 saturated carbocycles. The molecule has 0 aromatic carbocycles. The van der Waals surface area contributed by atoms with Crippen molar-refractivity contribution in [2.75, 3.05) is 46.9 Å². The van der Waals surface area contributed by atoms with Gasteiger partial charge in [0.2, 0.25) is 0 Å². The Morgan fingerprint density at radius 3 is 3.00 bits per heavy atom. The van der Waals surface area contributed by atoms with Gasteiger partial charge in [0.15, 0.2) is 5.78 Å². The lowest BCUT2D eigenvalue weighted by Crippen LogP contribution is -2.34. The van der Waals surface area contributed by atoms with Crippen molar-refractivity contribution in [3.8, 4) is 0 Å². The molecule has 1 N–H and O–H groups in total. The van der Waals surface area contributed by atoms with Gasteiger partial charge in [-0.2, -0.15) is 0 Å². The zero-order valence-electron chi connectivity index (χ0n) is 9.08. The molecular weight excluding hydrogens is 180 g/mol. The maximum absolute atomic E-state index is 11.7. The van der Waals surface area contributed by atoms with E-state index >= 15 is 0 Å². The fourth-order valence-corrected chi connectivity index (χ4v) is 1.57. The van der Waals surface area contributed by atoms with Crippen molar-refractivity contribution in [3.05, 3.63) is 0 Å². The van der Waals surface area contributed by atoms with Crippen LogP contribution in [0, 0.1) is 5.92 Å². The van der Waals surface area contributed by atoms with Crippen LogP contribution in [-0.4, -0.2) is 57.6 Å². The summed E-state index contributed by atoms with van der Waals surface area (Å²) >= 11 is 0. The molecule has 0 amide bonds. The largest absolute Gasteiger partial charge is 0.381 e. The van der Waals surface area contributed by atoms with Crippen LogP contribution in [0.5, 0.6) is 0 Å². The SMILES string of the molecule is CNCCN(C)CC(=O)C1CCOC1. The highest BCUT2D eigenvalue weighted by molar-refractivity contribution is 5.83. The molecule has 1 fully saturated rings. The van der Waals surface area contributed by atoms with Crippen molar-refractivity contribution in [2.24, 2.45) is 5.92 Å². The molecule has 4 nitrogen and oxygen atoms in total. The summed E-state index contributed by atoms with van der Waals surface area (Å²) in [7, 11) is 3.89. The standard InChI is InChI=1S/C10H20N2O2/c1-11-4-5-12(2)7-10(13)9-3-6-14-8-9/h9,11H,3-8H2,1-2H3. The van der Waals surface area contributed by atoms with E-state index in [1.165, 1.54) is 0 Å². The molecule has 1 aliphatic heterocycles. The third-order valence-corrected chi connectivity index (χ3v) is 2.55. The number of likely N-dealkylation sites (N-methyl/N-ethyl adjacent to an activating group) is 2. The summed E-state index contributed by atoms with van der Waals surface area (Å²) in [6.07, 6.45) is 0.901. The fraction of sp³-hybridized carbons (Fsp3) is 0.900. The zero-order valence-corrected chi connectivity index (χ0v) is 9.08. The number of ether oxygens (including phenoxy) is 1. The van der Waals surface area contributed by atoms with Crippen LogP contribution in [0.3, 0.4) is 0 Å². The topological polar surface area (TPSA) is 41.6 Å². The van der Waals surface area contributed by atoms with Gasteiger partial charge in [-0.1, -0.05) is 0 Å². The van der Waals surface area contributed by atoms with Crippen LogP contribution in [0.2, 0.25) is 0 Å². The molecule has 1 saturated heterocycles. The first-order chi connectivity index (χ1) is 6.74. The highest BCUT2D eigenvalue weighted by Gasteiger charge is 2.23. The Balaban J connectivity index is 2.18. The molecule has 1 atom stereocenters. The van der Waals surface area contributed by atoms with Gasteiger partial charge in [0.25, 0.3) is 0 Å². The second kappa shape index (κ2) is 6.11. The predicted molar refractivity (Wildman–Crippen MR) is 55.4 cm³/mol. The lowest BCUT2D eigenvalue weighted by atomic mass is 10.0. The average Bonchev–Trinajstić information content (AvgIpc) is 2.67. The summed E-state index contributed by atoms with van der Waals surface area (Å²) in [5.41, 5.74) is 0. The molecule has 0 spiro atoms. The Labute approximate surface area is 85.6 Å². The monoisotopic (exact) mass is 200 g/mol. The second-order valence-electron chi connectivity index (χ2n) is 3.87. The van der Waals surface area contributed by atoms with E-state index in [-0.39, 0.29) is 5.92 Å². The van der Waals surface area contributed by atoms with Crippen molar-refractivity contribution in [1.29, 1.82) is 0 Å². The van der Waals surface area contributed by atoms with Gasteiger partial charge < -0.3 is 10.1 Å². The first-order valence-corrected chi connectivity index (χ1v) is 5.17. The molecule has 0 bridgehead atoms. The summed E-state index contributed by atoms with van der Waals surface area (Å²) in [5.74, 6) is 0.466. The van der Waals surface area contributed by atoms with Crippen molar-refractivity contribution >= 4 is 5.78 Å². The number of nitrogens with zero attached hydrogens (tertiary/aromatic N) is 1. The number of nitrogens with one attached hydrogen (secondary N) is 1. The summed E-state index contributed by atoms with van der Waals surface area (Å²) in [5, 5.41) is 3.06. The number of hydrogen-bond acceptors (Lipinski definition) is 4. The molecule has 1 rings (SSSR count). The molecule has 0 aromatic heterocycles. The Kier molecular flexibility index (Phi) is 5.07. The molecule has 1 unspecified atom stereocenters. The Bertz CT molecular complexity index is 179. The third kappa shape index (κ3) is 3.74. The minimum Gasteiger partial charge on any atom is -0.381 e. The lowest BCUT2D eigenvalue weighted by Gasteiger charge is -2.17. The van der Waals surface area contributed by atoms with Gasteiger partial charge >= 0.3 is 0 Å². The average molecular weight is 200 g/mol. The van der Waals surface area contributed by atoms with Crippen molar-refractivity contribution in [3.63, 3.8) is 0 Å². The normalized spacial score (nSPS) is 21.8. The van der Waals surface area contributed by atoms with E-state index in [9.17, 15) is 4.79 Å². The van der Waals surface area contributed by atoms with Crippen LogP contribution in [0.25, 0.3) is 0 Å². The molecule has 14 heavy (non-hydrogen) atoms. The molecule has 4 heteroatoms. The number of Topliss-reactive ketones (excluding diaryl/α,β-unsaturated/α-hetero) is 1. The number of ketones is 1. The predicted octanol–water partition coefficient (Wildman–Crippen LogP) is -0.257. The van der Waals surface area contributed by atoms with Gasteiger partial charge in [0.05, 0.1) is 13.2 Å². The fourth-order valence-electron chi connectivity index (χ4n) is 1.57. The van der Waals surface area contributed by atoms with Crippen molar-refractivity contribution < 1.29 is 9.53 Å². The minimum absolute atomic E-state index is 0.145. The molecule has 1 heterocycles. The Morgan fingerprint density at radius 2 is 2.43 bits per heavy atom. The number of rotatable bonds is 6. The third-order valence-electron chi connectivity index (χ3n) is 2.55. The van der Waals surface area contributed by atoms with Gasteiger partial charge in [-0.25, -0.2) is 0 Å². The number of hydrogen-bond donors (Lipinski definition) is 1. The minimum atomic E-state index is 0.145. The maximum atomic E-state index is 11.7. The highest BCUT2D eigenvalue weighted by atomic mass is 16.5. The van der Waals surface area contributed by atoms with Crippen LogP contribution >= 0.6 is 0 Å². The quantitative estimate of drug-likeness (QED) is 0.641. The summed E-state index contributed by atoms with van der Waals surface area (Å²) in [6.45, 7) is 3.76. The van der Waals surface area contributed by atoms with Crippen LogP contribution < -0.4 is 5.32 Å². The van der Waals surface area contributed by atoms with Gasteiger partial charge in [0.1, 0.15) is 0 Å². The van der Waals surface area contributed by atoms with Gasteiger partial charge in [0, 0.05) is 25.6 Å². The van der Waals surface area contributed by atoms with E-state index in [1.54, 1.807) is 0 Å². The molecule has 82 valence electrons. The van der Waals surface area contributed by atoms with Crippen molar-refractivity contribution in [2.45, 2.75) is 6.42 Å². The summed E-state index contributed by atoms with van der Waals surface area (Å²) < 4.78 is 5.19. The second-order valence-corrected chi connectivity index (χ2v) is 3.87. The smallest absolute Gasteiger partial charge is 0.152 e. The Hall–Kier alpha value is -0.450. The number of carbonyl (C=O) groups is 1. The molecule has 1 aliphatic rings. The maximum Gasteiger partial charge on any atom is 0.152 e. The van der Waals surface area contributed by atoms with Gasteiger partial charge in [-0.15, -0.1) is 0 Å². The molecule has 0 aromatic rings. The summed E-state index contributed by atoms with van der Waals surface area (Å²) in [6, 6.07) is 0. The first-order valence-electron chi connectivity index (χ1n) is 5.17. The van der Waals surface area contributed by atoms with Crippen LogP contribution in [0.15, 0.2) is 0 Å².